The van der Waals surface area contributed by atoms with E-state index in [0.717, 1.165) is 37.0 Å². The van der Waals surface area contributed by atoms with Crippen LogP contribution in [0.15, 0.2) is 29.4 Å². The van der Waals surface area contributed by atoms with Crippen molar-refractivity contribution in [3.63, 3.8) is 0 Å². The topological polar surface area (TPSA) is 102 Å². The van der Waals surface area contributed by atoms with Crippen LogP contribution in [0.2, 0.25) is 0 Å². The van der Waals surface area contributed by atoms with Crippen molar-refractivity contribution in [1.82, 2.24) is 14.8 Å². The minimum Gasteiger partial charge on any atom is -0.497 e. The number of ether oxygens (including phenoxy) is 2. The van der Waals surface area contributed by atoms with Crippen LogP contribution in [0, 0.1) is 22.7 Å². The molecule has 10 heteroatoms. The van der Waals surface area contributed by atoms with Gasteiger partial charge < -0.3 is 19.4 Å². The van der Waals surface area contributed by atoms with E-state index >= 15 is 0 Å². The molecule has 0 saturated carbocycles. The number of nitriles is 1. The highest BCUT2D eigenvalue weighted by Gasteiger charge is 2.34. The van der Waals surface area contributed by atoms with E-state index in [1.165, 1.54) is 16.6 Å². The molecule has 3 aromatic rings. The third-order valence-electron chi connectivity index (χ3n) is 7.58. The second-order valence-electron chi connectivity index (χ2n) is 10.3. The fraction of sp³-hybridized carbons (Fsp3) is 0.500. The van der Waals surface area contributed by atoms with Gasteiger partial charge in [-0.2, -0.15) is 5.26 Å². The van der Waals surface area contributed by atoms with Gasteiger partial charge in [-0.25, -0.2) is 0 Å². The van der Waals surface area contributed by atoms with Gasteiger partial charge in [0.15, 0.2) is 17.1 Å². The predicted octanol–water partition coefficient (Wildman–Crippen LogP) is 6.17. The molecule has 202 valence electrons. The van der Waals surface area contributed by atoms with Crippen molar-refractivity contribution in [3.05, 3.63) is 46.1 Å². The van der Waals surface area contributed by atoms with E-state index in [-0.39, 0.29) is 23.2 Å². The van der Waals surface area contributed by atoms with Crippen molar-refractivity contribution >= 4 is 34.0 Å². The summed E-state index contributed by atoms with van der Waals surface area (Å²) >= 11 is 2.87. The molecule has 2 aromatic heterocycles. The van der Waals surface area contributed by atoms with Crippen molar-refractivity contribution in [2.24, 2.45) is 18.4 Å². The van der Waals surface area contributed by atoms with Crippen LogP contribution in [0.3, 0.4) is 0 Å². The second-order valence-corrected chi connectivity index (χ2v) is 12.3. The van der Waals surface area contributed by atoms with Crippen LogP contribution in [0.25, 0.3) is 0 Å². The maximum Gasteiger partial charge on any atom is 0.235 e. The van der Waals surface area contributed by atoms with Gasteiger partial charge in [0.2, 0.25) is 5.91 Å². The fourth-order valence-corrected chi connectivity index (χ4v) is 6.77. The first-order valence-electron chi connectivity index (χ1n) is 12.8. The average molecular weight is 554 g/mol. The monoisotopic (exact) mass is 553 g/mol. The number of anilines is 1. The van der Waals surface area contributed by atoms with Crippen molar-refractivity contribution in [2.45, 2.75) is 64.6 Å². The van der Waals surface area contributed by atoms with Crippen LogP contribution in [0.5, 0.6) is 11.5 Å². The van der Waals surface area contributed by atoms with E-state index in [9.17, 15) is 10.1 Å². The lowest BCUT2D eigenvalue weighted by atomic mass is 9.69. The fourth-order valence-electron chi connectivity index (χ4n) is 4.76. The molecule has 2 atom stereocenters. The number of rotatable bonds is 10. The van der Waals surface area contributed by atoms with Gasteiger partial charge in [-0.3, -0.25) is 4.79 Å². The molecule has 1 aromatic carbocycles. The molecule has 0 fully saturated rings. The molecule has 0 saturated heterocycles. The van der Waals surface area contributed by atoms with Crippen molar-refractivity contribution in [3.8, 4) is 17.6 Å². The second kappa shape index (κ2) is 11.8. The number of benzene rings is 1. The number of nitrogens with zero attached hydrogens (tertiary/aromatic N) is 4. The van der Waals surface area contributed by atoms with E-state index in [0.29, 0.717) is 33.2 Å². The zero-order valence-electron chi connectivity index (χ0n) is 22.8. The van der Waals surface area contributed by atoms with Gasteiger partial charge in [-0.15, -0.1) is 21.5 Å². The normalized spacial score (nSPS) is 15.9. The van der Waals surface area contributed by atoms with Gasteiger partial charge in [0.1, 0.15) is 22.6 Å². The minimum atomic E-state index is -0.332. The highest BCUT2D eigenvalue weighted by atomic mass is 32.2. The highest BCUT2D eigenvalue weighted by Crippen LogP contribution is 2.45. The van der Waals surface area contributed by atoms with Gasteiger partial charge in [-0.1, -0.05) is 39.0 Å². The molecule has 1 amide bonds. The number of thioether (sulfide) groups is 1. The van der Waals surface area contributed by atoms with Gasteiger partial charge in [0.25, 0.3) is 0 Å². The maximum atomic E-state index is 12.9. The molecule has 1 aliphatic rings. The summed E-state index contributed by atoms with van der Waals surface area (Å²) in [6, 6.07) is 9.70. The first-order valence-corrected chi connectivity index (χ1v) is 14.6. The van der Waals surface area contributed by atoms with E-state index in [1.807, 2.05) is 42.8 Å². The number of thiophene rings is 1. The third kappa shape index (κ3) is 6.00. The minimum absolute atomic E-state index is 0.164. The average Bonchev–Trinajstić information content (AvgIpc) is 3.46. The Labute approximate surface area is 232 Å². The molecular formula is C28H35N5O3S2. The van der Waals surface area contributed by atoms with E-state index in [2.05, 4.69) is 42.4 Å². The Morgan fingerprint density at radius 3 is 2.68 bits per heavy atom. The van der Waals surface area contributed by atoms with Gasteiger partial charge >= 0.3 is 0 Å². The number of methoxy groups -OCH3 is 1. The Hall–Kier alpha value is -3.03. The first kappa shape index (κ1) is 28.0. The summed E-state index contributed by atoms with van der Waals surface area (Å²) in [6.07, 6.45) is 3.74. The molecule has 2 unspecified atom stereocenters. The summed E-state index contributed by atoms with van der Waals surface area (Å²) in [6.45, 7) is 8.79. The molecule has 1 N–H and O–H groups in total. The summed E-state index contributed by atoms with van der Waals surface area (Å²) in [5.41, 5.74) is 2.01. The zero-order valence-corrected chi connectivity index (χ0v) is 24.5. The number of carbonyl (C=O) groups is 1. The van der Waals surface area contributed by atoms with E-state index < -0.39 is 0 Å². The third-order valence-corrected chi connectivity index (χ3v) is 9.77. The number of fused-ring (bicyclic) bond motifs is 1. The maximum absolute atomic E-state index is 12.9. The summed E-state index contributed by atoms with van der Waals surface area (Å²) < 4.78 is 13.0. The number of hydrogen-bond acceptors (Lipinski definition) is 8. The Kier molecular flexibility index (Phi) is 8.68. The molecule has 0 spiro atoms. The summed E-state index contributed by atoms with van der Waals surface area (Å²) in [7, 11) is 3.48. The van der Waals surface area contributed by atoms with Crippen LogP contribution in [-0.4, -0.2) is 33.5 Å². The van der Waals surface area contributed by atoms with Crippen molar-refractivity contribution in [1.29, 1.82) is 5.26 Å². The molecule has 1 aliphatic carbocycles. The molecule has 0 bridgehead atoms. The lowest BCUT2D eigenvalue weighted by Crippen LogP contribution is -2.28. The van der Waals surface area contributed by atoms with Crippen molar-refractivity contribution < 1.29 is 14.3 Å². The summed E-state index contributed by atoms with van der Waals surface area (Å²) in [5, 5.41) is 22.7. The van der Waals surface area contributed by atoms with Crippen LogP contribution in [0.4, 0.5) is 5.00 Å². The molecular weight excluding hydrogens is 518 g/mol. The summed E-state index contributed by atoms with van der Waals surface area (Å²) in [5.74, 6) is 2.71. The van der Waals surface area contributed by atoms with Crippen LogP contribution in [-0.2, 0) is 24.7 Å². The summed E-state index contributed by atoms with van der Waals surface area (Å²) in [4.78, 5) is 14.1. The smallest absolute Gasteiger partial charge is 0.235 e. The molecule has 2 heterocycles. The predicted molar refractivity (Wildman–Crippen MR) is 151 cm³/mol. The Morgan fingerprint density at radius 2 is 2.03 bits per heavy atom. The number of aromatic nitrogens is 3. The number of hydrogen-bond donors (Lipinski definition) is 1. The Bertz CT molecular complexity index is 1320. The Morgan fingerprint density at radius 1 is 1.32 bits per heavy atom. The molecule has 0 aliphatic heterocycles. The molecule has 38 heavy (non-hydrogen) atoms. The largest absolute Gasteiger partial charge is 0.497 e. The number of amides is 1. The molecule has 4 rings (SSSR count). The quantitative estimate of drug-likeness (QED) is 0.300. The van der Waals surface area contributed by atoms with Crippen LogP contribution < -0.4 is 14.8 Å². The van der Waals surface area contributed by atoms with Gasteiger partial charge in [0, 0.05) is 11.9 Å². The zero-order chi connectivity index (χ0) is 27.4. The van der Waals surface area contributed by atoms with Gasteiger partial charge in [-0.05, 0) is 67.3 Å². The van der Waals surface area contributed by atoms with Crippen molar-refractivity contribution in [2.75, 3.05) is 18.2 Å². The number of carbonyl (C=O) groups excluding carboxylic acids is 1. The first-order chi connectivity index (χ1) is 18.2. The van der Waals surface area contributed by atoms with E-state index in [1.54, 1.807) is 18.4 Å². The van der Waals surface area contributed by atoms with Gasteiger partial charge in [0.05, 0.1) is 18.4 Å². The van der Waals surface area contributed by atoms with Crippen LogP contribution in [0.1, 0.15) is 68.5 Å². The molecule has 0 radical (unpaired) electrons. The SMILES string of the molecule is CCC(C)(C)C1CCc2c(sc(NC(=O)CSc3nnc(C(C)Oc4ccc(OC)cc4)n3C)c2C#N)C1. The lowest BCUT2D eigenvalue weighted by Gasteiger charge is -2.36. The Balaban J connectivity index is 1.37. The number of nitrogens with one attached hydrogen (secondary N) is 1. The van der Waals surface area contributed by atoms with E-state index in [4.69, 9.17) is 9.47 Å². The standard InChI is InChI=1S/C28H35N5O3S2/c1-7-28(3,4)18-8-13-21-22(15-29)26(38-23(21)14-18)30-24(34)16-37-27-32-31-25(33(27)5)17(2)36-20-11-9-19(35-6)10-12-20/h9-12,17-18H,7-8,13-14,16H2,1-6H3,(H,30,34). The molecule has 8 nitrogen and oxygen atoms in total. The highest BCUT2D eigenvalue weighted by molar-refractivity contribution is 7.99. The lowest BCUT2D eigenvalue weighted by molar-refractivity contribution is -0.113. The van der Waals surface area contributed by atoms with Crippen LogP contribution >= 0.6 is 23.1 Å².